The summed E-state index contributed by atoms with van der Waals surface area (Å²) in [7, 11) is 0. The summed E-state index contributed by atoms with van der Waals surface area (Å²) in [5, 5.41) is 1.40. The summed E-state index contributed by atoms with van der Waals surface area (Å²) in [6.07, 6.45) is 2.63. The molecule has 1 heteroatoms. The second-order valence-electron chi connectivity index (χ2n) is 6.83. The molecule has 19 heavy (non-hydrogen) atoms. The van der Waals surface area contributed by atoms with Gasteiger partial charge in [-0.25, -0.2) is 0 Å². The van der Waals surface area contributed by atoms with Crippen molar-refractivity contribution in [1.82, 2.24) is 4.57 Å². The molecular weight excluding hydrogens is 230 g/mol. The van der Waals surface area contributed by atoms with Gasteiger partial charge in [-0.3, -0.25) is 0 Å². The van der Waals surface area contributed by atoms with Crippen LogP contribution in [0.5, 0.6) is 0 Å². The van der Waals surface area contributed by atoms with Gasteiger partial charge in [0.25, 0.3) is 0 Å². The zero-order valence-corrected chi connectivity index (χ0v) is 12.6. The maximum atomic E-state index is 2.59. The van der Waals surface area contributed by atoms with Crippen molar-refractivity contribution >= 4 is 10.9 Å². The highest BCUT2D eigenvalue weighted by Gasteiger charge is 2.35. The van der Waals surface area contributed by atoms with Gasteiger partial charge < -0.3 is 4.57 Å². The van der Waals surface area contributed by atoms with Crippen LogP contribution in [0.4, 0.5) is 0 Å². The summed E-state index contributed by atoms with van der Waals surface area (Å²) >= 11 is 0. The molecule has 0 amide bonds. The molecule has 0 saturated heterocycles. The van der Waals surface area contributed by atoms with Gasteiger partial charge in [0.1, 0.15) is 0 Å². The normalized spacial score (nSPS) is 26.1. The van der Waals surface area contributed by atoms with Gasteiger partial charge in [-0.05, 0) is 35.8 Å². The Hall–Kier alpha value is -1.24. The topological polar surface area (TPSA) is 4.93 Å². The molecule has 0 radical (unpaired) electrons. The van der Waals surface area contributed by atoms with E-state index < -0.39 is 0 Å². The summed E-state index contributed by atoms with van der Waals surface area (Å²) in [5.41, 5.74) is 3.21. The van der Waals surface area contributed by atoms with Crippen molar-refractivity contribution < 1.29 is 0 Å². The Balaban J connectivity index is 2.24. The van der Waals surface area contributed by atoms with Crippen molar-refractivity contribution in [3.63, 3.8) is 0 Å². The number of hydrogen-bond acceptors (Lipinski definition) is 0. The van der Waals surface area contributed by atoms with E-state index in [1.807, 2.05) is 0 Å². The zero-order chi connectivity index (χ0) is 13.6. The molecule has 0 bridgehead atoms. The maximum Gasteiger partial charge on any atom is 0.0482 e. The van der Waals surface area contributed by atoms with Gasteiger partial charge in [0.2, 0.25) is 0 Å². The minimum Gasteiger partial charge on any atom is -0.344 e. The summed E-state index contributed by atoms with van der Waals surface area (Å²) in [4.78, 5) is 0. The summed E-state index contributed by atoms with van der Waals surface area (Å²) in [6, 6.07) is 11.3. The average molecular weight is 255 g/mol. The van der Waals surface area contributed by atoms with Gasteiger partial charge in [-0.2, -0.15) is 0 Å². The van der Waals surface area contributed by atoms with E-state index in [4.69, 9.17) is 0 Å². The first-order valence-electron chi connectivity index (χ1n) is 7.62. The Morgan fingerprint density at radius 2 is 2.00 bits per heavy atom. The number of fused-ring (bicyclic) bond motifs is 3. The van der Waals surface area contributed by atoms with Crippen molar-refractivity contribution in [1.29, 1.82) is 0 Å². The molecule has 2 aromatic rings. The molecule has 0 aliphatic carbocycles. The van der Waals surface area contributed by atoms with Gasteiger partial charge in [-0.15, -0.1) is 0 Å². The summed E-state index contributed by atoms with van der Waals surface area (Å²) in [5.74, 6) is 1.55. The van der Waals surface area contributed by atoms with Crippen molar-refractivity contribution in [2.45, 2.75) is 52.5 Å². The van der Waals surface area contributed by atoms with E-state index in [1.54, 1.807) is 0 Å². The molecule has 0 fully saturated rings. The van der Waals surface area contributed by atoms with E-state index in [2.05, 4.69) is 62.6 Å². The number of para-hydroxylation sites is 1. The van der Waals surface area contributed by atoms with Crippen LogP contribution >= 0.6 is 0 Å². The SMILES string of the molecule is CCC1CC(C)C(C)(C)c2cc3ccccc3n2C1. The summed E-state index contributed by atoms with van der Waals surface area (Å²) < 4.78 is 2.59. The van der Waals surface area contributed by atoms with Crippen molar-refractivity contribution in [3.05, 3.63) is 36.0 Å². The standard InChI is InChI=1S/C18H25N/c1-5-14-10-13(2)18(3,4)17-11-15-8-6-7-9-16(15)19(17)12-14/h6-9,11,13-14H,5,10,12H2,1-4H3. The number of hydrogen-bond donors (Lipinski definition) is 0. The predicted molar refractivity (Wildman–Crippen MR) is 82.5 cm³/mol. The first-order chi connectivity index (χ1) is 9.04. The smallest absolute Gasteiger partial charge is 0.0482 e. The molecule has 1 aliphatic heterocycles. The van der Waals surface area contributed by atoms with Crippen molar-refractivity contribution in [2.75, 3.05) is 0 Å². The predicted octanol–water partition coefficient (Wildman–Crippen LogP) is 4.98. The molecule has 2 unspecified atom stereocenters. The van der Waals surface area contributed by atoms with Crippen molar-refractivity contribution in [2.24, 2.45) is 11.8 Å². The highest BCUT2D eigenvalue weighted by Crippen LogP contribution is 2.42. The van der Waals surface area contributed by atoms with E-state index in [0.717, 1.165) is 11.8 Å². The Morgan fingerprint density at radius 3 is 2.74 bits per heavy atom. The van der Waals surface area contributed by atoms with Crippen LogP contribution in [0.1, 0.15) is 46.2 Å². The number of nitrogens with zero attached hydrogens (tertiary/aromatic N) is 1. The number of benzene rings is 1. The second kappa shape index (κ2) is 4.40. The van der Waals surface area contributed by atoms with Crippen LogP contribution in [0, 0.1) is 11.8 Å². The molecule has 0 spiro atoms. The lowest BCUT2D eigenvalue weighted by Gasteiger charge is -2.31. The van der Waals surface area contributed by atoms with Crippen LogP contribution in [-0.4, -0.2) is 4.57 Å². The fourth-order valence-electron chi connectivity index (χ4n) is 3.62. The fourth-order valence-corrected chi connectivity index (χ4v) is 3.62. The molecular formula is C18H25N. The van der Waals surface area contributed by atoms with Gasteiger partial charge in [0.15, 0.2) is 0 Å². The second-order valence-corrected chi connectivity index (χ2v) is 6.83. The van der Waals surface area contributed by atoms with Crippen LogP contribution in [-0.2, 0) is 12.0 Å². The number of aromatic nitrogens is 1. The quantitative estimate of drug-likeness (QED) is 0.677. The maximum absolute atomic E-state index is 2.59. The Bertz CT molecular complexity index is 591. The van der Waals surface area contributed by atoms with Crippen LogP contribution in [0.3, 0.4) is 0 Å². The molecule has 2 heterocycles. The van der Waals surface area contributed by atoms with Gasteiger partial charge in [-0.1, -0.05) is 52.3 Å². The monoisotopic (exact) mass is 255 g/mol. The van der Waals surface area contributed by atoms with Gasteiger partial charge >= 0.3 is 0 Å². The molecule has 1 aromatic carbocycles. The van der Waals surface area contributed by atoms with Crippen LogP contribution in [0.15, 0.2) is 30.3 Å². The minimum absolute atomic E-state index is 0.267. The summed E-state index contributed by atoms with van der Waals surface area (Å²) in [6.45, 7) is 10.8. The third-order valence-corrected chi connectivity index (χ3v) is 5.41. The highest BCUT2D eigenvalue weighted by atomic mass is 15.0. The van der Waals surface area contributed by atoms with Crippen molar-refractivity contribution in [3.8, 4) is 0 Å². The molecule has 2 atom stereocenters. The Labute approximate surface area is 116 Å². The molecule has 1 nitrogen and oxygen atoms in total. The third kappa shape index (κ3) is 1.91. The molecule has 0 saturated carbocycles. The van der Waals surface area contributed by atoms with E-state index in [1.165, 1.54) is 36.0 Å². The van der Waals surface area contributed by atoms with Gasteiger partial charge in [0.05, 0.1) is 0 Å². The van der Waals surface area contributed by atoms with E-state index in [-0.39, 0.29) is 5.41 Å². The largest absolute Gasteiger partial charge is 0.344 e. The molecule has 1 aliphatic rings. The highest BCUT2D eigenvalue weighted by molar-refractivity contribution is 5.81. The molecule has 3 rings (SSSR count). The van der Waals surface area contributed by atoms with Crippen LogP contribution in [0.2, 0.25) is 0 Å². The lowest BCUT2D eigenvalue weighted by Crippen LogP contribution is -2.27. The van der Waals surface area contributed by atoms with E-state index in [0.29, 0.717) is 0 Å². The zero-order valence-electron chi connectivity index (χ0n) is 12.6. The lowest BCUT2D eigenvalue weighted by atomic mass is 9.74. The fraction of sp³-hybridized carbons (Fsp3) is 0.556. The number of rotatable bonds is 1. The third-order valence-electron chi connectivity index (χ3n) is 5.41. The molecule has 1 aromatic heterocycles. The van der Waals surface area contributed by atoms with Crippen LogP contribution in [0.25, 0.3) is 10.9 Å². The van der Waals surface area contributed by atoms with Crippen LogP contribution < -0.4 is 0 Å². The molecule has 0 N–H and O–H groups in total. The van der Waals surface area contributed by atoms with E-state index >= 15 is 0 Å². The Kier molecular flexibility index (Phi) is 2.96. The lowest BCUT2D eigenvalue weighted by molar-refractivity contribution is 0.285. The van der Waals surface area contributed by atoms with Gasteiger partial charge in [0, 0.05) is 23.2 Å². The molecule has 102 valence electrons. The minimum atomic E-state index is 0.267. The average Bonchev–Trinajstić information content (AvgIpc) is 2.73. The van der Waals surface area contributed by atoms with E-state index in [9.17, 15) is 0 Å². The Morgan fingerprint density at radius 1 is 1.26 bits per heavy atom. The first kappa shape index (κ1) is 12.8. The first-order valence-corrected chi connectivity index (χ1v) is 7.62.